The largest absolute Gasteiger partial charge is 0.444 e. The highest BCUT2D eigenvalue weighted by Crippen LogP contribution is 2.45. The van der Waals surface area contributed by atoms with E-state index in [1.165, 1.54) is 11.3 Å². The van der Waals surface area contributed by atoms with Crippen LogP contribution in [-0.2, 0) is 17.8 Å². The van der Waals surface area contributed by atoms with Gasteiger partial charge in [0.2, 0.25) is 0 Å². The van der Waals surface area contributed by atoms with E-state index in [0.717, 1.165) is 50.6 Å². The number of amides is 1. The number of ether oxygens (including phenoxy) is 1. The molecule has 4 heterocycles. The summed E-state index contributed by atoms with van der Waals surface area (Å²) in [5, 5.41) is 10.4. The summed E-state index contributed by atoms with van der Waals surface area (Å²) in [6.07, 6.45) is 3.59. The number of aromatic nitrogens is 1. The normalized spacial score (nSPS) is 16.6. The Balaban J connectivity index is 1.51. The molecule has 174 valence electrons. The molecular formula is C25H28ClN3O3S. The third-order valence-corrected chi connectivity index (χ3v) is 7.51. The van der Waals surface area contributed by atoms with Gasteiger partial charge in [-0.15, -0.1) is 11.3 Å². The minimum Gasteiger partial charge on any atom is -0.444 e. The molecule has 1 fully saturated rings. The van der Waals surface area contributed by atoms with Gasteiger partial charge in [-0.2, -0.15) is 0 Å². The number of carbonyl (C=O) groups is 1. The maximum atomic E-state index is 12.5. The molecule has 2 aromatic heterocycles. The van der Waals surface area contributed by atoms with Crippen LogP contribution in [0.5, 0.6) is 0 Å². The third-order valence-electron chi connectivity index (χ3n) is 6.15. The van der Waals surface area contributed by atoms with Crippen molar-refractivity contribution in [2.75, 3.05) is 24.5 Å². The van der Waals surface area contributed by atoms with Crippen LogP contribution < -0.4 is 4.90 Å². The number of halogens is 1. The maximum Gasteiger partial charge on any atom is 0.410 e. The fourth-order valence-electron chi connectivity index (χ4n) is 4.71. The Kier molecular flexibility index (Phi) is 5.75. The number of hydrogen-bond acceptors (Lipinski definition) is 6. The van der Waals surface area contributed by atoms with Crippen LogP contribution in [-0.4, -0.2) is 52.4 Å². The van der Waals surface area contributed by atoms with Crippen molar-refractivity contribution in [2.45, 2.75) is 51.9 Å². The molecule has 0 spiro atoms. The number of rotatable bonds is 3. The van der Waals surface area contributed by atoms with Crippen molar-refractivity contribution in [1.29, 1.82) is 0 Å². The Morgan fingerprint density at radius 1 is 1.27 bits per heavy atom. The van der Waals surface area contributed by atoms with Crippen LogP contribution >= 0.6 is 22.9 Å². The van der Waals surface area contributed by atoms with E-state index in [1.54, 1.807) is 16.2 Å². The molecular weight excluding hydrogens is 458 g/mol. The number of anilines is 1. The number of aliphatic hydroxyl groups excluding tert-OH is 1. The molecule has 0 unspecified atom stereocenters. The first-order valence-corrected chi connectivity index (χ1v) is 12.5. The number of hydrogen-bond donors (Lipinski definition) is 1. The lowest BCUT2D eigenvalue weighted by atomic mass is 9.91. The van der Waals surface area contributed by atoms with E-state index in [2.05, 4.69) is 16.0 Å². The second-order valence-corrected chi connectivity index (χ2v) is 11.3. The number of thiophene rings is 1. The van der Waals surface area contributed by atoms with Crippen molar-refractivity contribution in [2.24, 2.45) is 0 Å². The van der Waals surface area contributed by atoms with E-state index in [-0.39, 0.29) is 18.7 Å². The van der Waals surface area contributed by atoms with Crippen molar-refractivity contribution in [3.63, 3.8) is 0 Å². The van der Waals surface area contributed by atoms with Crippen molar-refractivity contribution < 1.29 is 14.6 Å². The average Bonchev–Trinajstić information content (AvgIpc) is 3.14. The van der Waals surface area contributed by atoms with Gasteiger partial charge in [0, 0.05) is 52.5 Å². The van der Waals surface area contributed by atoms with Crippen molar-refractivity contribution in [3.05, 3.63) is 45.9 Å². The Hall–Kier alpha value is -2.35. The minimum absolute atomic E-state index is 0.00280. The summed E-state index contributed by atoms with van der Waals surface area (Å²) in [5.74, 6) is 0. The number of likely N-dealkylation sites (tertiary alicyclic amines) is 1. The molecule has 6 nitrogen and oxygen atoms in total. The molecule has 3 aromatic rings. The van der Waals surface area contributed by atoms with Crippen molar-refractivity contribution >= 4 is 44.9 Å². The molecule has 1 N–H and O–H groups in total. The van der Waals surface area contributed by atoms with Crippen LogP contribution in [0, 0.1) is 0 Å². The van der Waals surface area contributed by atoms with E-state index in [9.17, 15) is 9.90 Å². The van der Waals surface area contributed by atoms with Crippen LogP contribution in [0.2, 0.25) is 5.02 Å². The first-order valence-electron chi connectivity index (χ1n) is 11.3. The van der Waals surface area contributed by atoms with Crippen molar-refractivity contribution in [1.82, 2.24) is 9.88 Å². The van der Waals surface area contributed by atoms with Crippen LogP contribution in [0.4, 0.5) is 10.5 Å². The van der Waals surface area contributed by atoms with Gasteiger partial charge in [0.25, 0.3) is 0 Å². The number of aryl methyl sites for hydroxylation is 1. The average molecular weight is 486 g/mol. The Labute approximate surface area is 202 Å². The molecule has 2 aliphatic heterocycles. The monoisotopic (exact) mass is 485 g/mol. The first-order chi connectivity index (χ1) is 15.7. The molecule has 0 saturated carbocycles. The second-order valence-electron chi connectivity index (χ2n) is 9.74. The molecule has 0 atom stereocenters. The highest BCUT2D eigenvalue weighted by Gasteiger charge is 2.39. The molecule has 0 bridgehead atoms. The quantitative estimate of drug-likeness (QED) is 0.532. The van der Waals surface area contributed by atoms with E-state index in [4.69, 9.17) is 16.3 Å². The van der Waals surface area contributed by atoms with Crippen LogP contribution in [0.25, 0.3) is 21.3 Å². The summed E-state index contributed by atoms with van der Waals surface area (Å²) in [5.41, 5.74) is 5.00. The van der Waals surface area contributed by atoms with Crippen molar-refractivity contribution in [3.8, 4) is 11.1 Å². The Morgan fingerprint density at radius 2 is 2.06 bits per heavy atom. The number of nitrogens with zero attached hydrogens (tertiary/aromatic N) is 3. The number of carbonyl (C=O) groups excluding carboxylic acids is 1. The smallest absolute Gasteiger partial charge is 0.410 e. The lowest BCUT2D eigenvalue weighted by Crippen LogP contribution is -2.62. The lowest BCUT2D eigenvalue weighted by molar-refractivity contribution is 0.00802. The molecule has 5 rings (SSSR count). The van der Waals surface area contributed by atoms with Gasteiger partial charge in [-0.3, -0.25) is 4.98 Å². The van der Waals surface area contributed by atoms with Gasteiger partial charge in [-0.1, -0.05) is 11.6 Å². The first kappa shape index (κ1) is 22.4. The third kappa shape index (κ3) is 4.29. The van der Waals surface area contributed by atoms with Gasteiger partial charge in [0.05, 0.1) is 22.9 Å². The van der Waals surface area contributed by atoms with Gasteiger partial charge >= 0.3 is 6.09 Å². The van der Waals surface area contributed by atoms with E-state index in [1.807, 2.05) is 45.2 Å². The molecule has 0 radical (unpaired) electrons. The summed E-state index contributed by atoms with van der Waals surface area (Å²) in [4.78, 5) is 22.1. The summed E-state index contributed by atoms with van der Waals surface area (Å²) in [7, 11) is 0. The molecule has 0 aliphatic carbocycles. The summed E-state index contributed by atoms with van der Waals surface area (Å²) < 4.78 is 6.60. The Bertz CT molecular complexity index is 1210. The zero-order chi connectivity index (χ0) is 23.3. The van der Waals surface area contributed by atoms with Gasteiger partial charge in [0.15, 0.2) is 0 Å². The van der Waals surface area contributed by atoms with Gasteiger partial charge < -0.3 is 19.6 Å². The highest BCUT2D eigenvalue weighted by molar-refractivity contribution is 7.19. The van der Waals surface area contributed by atoms with Crippen LogP contribution in [0.3, 0.4) is 0 Å². The maximum absolute atomic E-state index is 12.5. The molecule has 8 heteroatoms. The molecule has 33 heavy (non-hydrogen) atoms. The number of benzene rings is 1. The number of aliphatic hydroxyl groups is 1. The van der Waals surface area contributed by atoms with Gasteiger partial charge in [-0.25, -0.2) is 4.79 Å². The van der Waals surface area contributed by atoms with E-state index >= 15 is 0 Å². The zero-order valence-corrected chi connectivity index (χ0v) is 20.7. The number of fused-ring (bicyclic) bond motifs is 2. The summed E-state index contributed by atoms with van der Waals surface area (Å²) in [6, 6.07) is 8.33. The van der Waals surface area contributed by atoms with E-state index < -0.39 is 5.60 Å². The molecule has 2 aliphatic rings. The lowest BCUT2D eigenvalue weighted by Gasteiger charge is -2.48. The fourth-order valence-corrected chi connectivity index (χ4v) is 5.96. The SMILES string of the molecule is CC(C)(C)OC(=O)N1CC(N2CCCc3cc(Cl)cc(-c4ccnc5cc(CO)sc45)c32)C1. The predicted molar refractivity (Wildman–Crippen MR) is 133 cm³/mol. The van der Waals surface area contributed by atoms with Crippen LogP contribution in [0.15, 0.2) is 30.5 Å². The van der Waals surface area contributed by atoms with Gasteiger partial charge in [-0.05, 0) is 63.4 Å². The molecule has 1 saturated heterocycles. The number of pyridine rings is 1. The minimum atomic E-state index is -0.495. The standard InChI is InChI=1S/C25H28ClN3O3S/c1-25(2,3)32-24(31)28-12-17(13-28)29-8-4-5-15-9-16(26)10-20(22(15)29)19-6-7-27-21-11-18(14-30)33-23(19)21/h6-7,9-11,17,30H,4-5,8,12-14H2,1-3H3. The second kappa shape index (κ2) is 8.46. The topological polar surface area (TPSA) is 65.9 Å². The van der Waals surface area contributed by atoms with Gasteiger partial charge in [0.1, 0.15) is 5.60 Å². The molecule has 1 amide bonds. The predicted octanol–water partition coefficient (Wildman–Crippen LogP) is 5.48. The van der Waals surface area contributed by atoms with Crippen LogP contribution in [0.1, 0.15) is 37.6 Å². The molecule has 1 aromatic carbocycles. The fraction of sp³-hybridized carbons (Fsp3) is 0.440. The Morgan fingerprint density at radius 3 is 2.79 bits per heavy atom. The zero-order valence-electron chi connectivity index (χ0n) is 19.1. The van der Waals surface area contributed by atoms with E-state index in [0.29, 0.717) is 13.1 Å². The summed E-state index contributed by atoms with van der Waals surface area (Å²) >= 11 is 8.15. The highest BCUT2D eigenvalue weighted by atomic mass is 35.5. The summed E-state index contributed by atoms with van der Waals surface area (Å²) in [6.45, 7) is 7.91.